The molecule has 23 heavy (non-hydrogen) atoms. The zero-order valence-electron chi connectivity index (χ0n) is 15.5. The van der Waals surface area contributed by atoms with Crippen LogP contribution in [0.2, 0.25) is 18.1 Å². The summed E-state index contributed by atoms with van der Waals surface area (Å²) in [6.45, 7) is 17.2. The van der Waals surface area contributed by atoms with Gasteiger partial charge in [0.1, 0.15) is 6.10 Å². The van der Waals surface area contributed by atoms with Gasteiger partial charge in [-0.3, -0.25) is 4.79 Å². The first kappa shape index (κ1) is 20.1. The zero-order chi connectivity index (χ0) is 17.7. The van der Waals surface area contributed by atoms with Gasteiger partial charge in [-0.25, -0.2) is 0 Å². The van der Waals surface area contributed by atoms with Gasteiger partial charge in [0.05, 0.1) is 6.10 Å². The Morgan fingerprint density at radius 2 is 2.00 bits per heavy atom. The number of esters is 1. The van der Waals surface area contributed by atoms with Crippen LogP contribution in [0.4, 0.5) is 0 Å². The lowest BCUT2D eigenvalue weighted by atomic mass is 10.1. The largest absolute Gasteiger partial charge is 0.458 e. The molecule has 3 atom stereocenters. The molecule has 0 saturated heterocycles. The maximum absolute atomic E-state index is 11.3. The van der Waals surface area contributed by atoms with Crippen LogP contribution in [-0.4, -0.2) is 39.1 Å². The highest BCUT2D eigenvalue weighted by Crippen LogP contribution is 2.38. The minimum atomic E-state index is -1.86. The van der Waals surface area contributed by atoms with Gasteiger partial charge in [-0.1, -0.05) is 32.9 Å². The van der Waals surface area contributed by atoms with Gasteiger partial charge in [-0.15, -0.1) is 6.58 Å². The molecule has 1 aliphatic carbocycles. The van der Waals surface area contributed by atoms with E-state index in [0.29, 0.717) is 0 Å². The fraction of sp³-hybridized carbons (Fsp3) is 0.722. The van der Waals surface area contributed by atoms with E-state index < -0.39 is 8.32 Å². The number of hydrogen-bond acceptors (Lipinski definition) is 4. The van der Waals surface area contributed by atoms with E-state index in [1.807, 2.05) is 12.2 Å². The van der Waals surface area contributed by atoms with E-state index in [9.17, 15) is 4.79 Å². The predicted molar refractivity (Wildman–Crippen MR) is 98.0 cm³/mol. The quantitative estimate of drug-likeness (QED) is 0.454. The summed E-state index contributed by atoms with van der Waals surface area (Å²) in [5, 5.41) is 3.59. The van der Waals surface area contributed by atoms with Crippen LogP contribution in [0, 0.1) is 0 Å². The van der Waals surface area contributed by atoms with Gasteiger partial charge in [0, 0.05) is 25.9 Å². The second-order valence-corrected chi connectivity index (χ2v) is 12.6. The molecule has 1 N–H and O–H groups in total. The van der Waals surface area contributed by atoms with Crippen LogP contribution in [0.5, 0.6) is 0 Å². The Morgan fingerprint density at radius 1 is 1.35 bits per heavy atom. The van der Waals surface area contributed by atoms with Crippen molar-refractivity contribution in [3.63, 3.8) is 0 Å². The summed E-state index contributed by atoms with van der Waals surface area (Å²) in [7, 11) is -1.86. The van der Waals surface area contributed by atoms with Crippen LogP contribution in [0.25, 0.3) is 0 Å². The highest BCUT2D eigenvalue weighted by molar-refractivity contribution is 6.74. The van der Waals surface area contributed by atoms with E-state index in [-0.39, 0.29) is 29.3 Å². The molecule has 0 fully saturated rings. The SMILES string of the molecule is C=CCN[C@H]1C=C[C@@H](OC(C)=O)C[C@@H](O[Si](C)(C)C(C)(C)C)C1. The molecule has 0 amide bonds. The monoisotopic (exact) mass is 339 g/mol. The van der Waals surface area contributed by atoms with Crippen LogP contribution in [0.3, 0.4) is 0 Å². The van der Waals surface area contributed by atoms with E-state index >= 15 is 0 Å². The Kier molecular flexibility index (Phi) is 7.23. The molecule has 4 nitrogen and oxygen atoms in total. The second-order valence-electron chi connectivity index (χ2n) is 7.81. The molecule has 0 aliphatic heterocycles. The van der Waals surface area contributed by atoms with Crippen molar-refractivity contribution in [1.82, 2.24) is 5.32 Å². The summed E-state index contributed by atoms with van der Waals surface area (Å²) < 4.78 is 12.0. The molecular weight excluding hydrogens is 306 g/mol. The molecule has 0 aromatic carbocycles. The number of ether oxygens (including phenoxy) is 1. The summed E-state index contributed by atoms with van der Waals surface area (Å²) in [6.07, 6.45) is 7.40. The van der Waals surface area contributed by atoms with Crippen molar-refractivity contribution in [3.05, 3.63) is 24.8 Å². The first-order valence-corrected chi connectivity index (χ1v) is 11.3. The van der Waals surface area contributed by atoms with Crippen LogP contribution >= 0.6 is 0 Å². The molecule has 0 heterocycles. The predicted octanol–water partition coefficient (Wildman–Crippen LogP) is 3.80. The smallest absolute Gasteiger partial charge is 0.303 e. The van der Waals surface area contributed by atoms with Crippen LogP contribution < -0.4 is 5.32 Å². The maximum Gasteiger partial charge on any atom is 0.303 e. The van der Waals surface area contributed by atoms with Crippen LogP contribution in [0.1, 0.15) is 40.5 Å². The van der Waals surface area contributed by atoms with Gasteiger partial charge in [0.15, 0.2) is 8.32 Å². The Labute approximate surface area is 142 Å². The number of hydrogen-bond donors (Lipinski definition) is 1. The lowest BCUT2D eigenvalue weighted by Gasteiger charge is -2.40. The fourth-order valence-electron chi connectivity index (χ4n) is 2.43. The summed E-state index contributed by atoms with van der Waals surface area (Å²) >= 11 is 0. The lowest BCUT2D eigenvalue weighted by molar-refractivity contribution is -0.145. The molecule has 1 rings (SSSR count). The van der Waals surface area contributed by atoms with Gasteiger partial charge in [-0.2, -0.15) is 0 Å². The van der Waals surface area contributed by atoms with Crippen molar-refractivity contribution in [2.45, 2.75) is 76.9 Å². The molecule has 132 valence electrons. The third-order valence-corrected chi connectivity index (χ3v) is 9.21. The van der Waals surface area contributed by atoms with Crippen molar-refractivity contribution in [2.24, 2.45) is 0 Å². The standard InChI is InChI=1S/C18H33NO3Si/c1-8-11-19-15-9-10-16(21-14(2)20)13-17(12-15)22-23(6,7)18(3,4)5/h8-10,15-17,19H,1,11-13H2,2-7H3/t15-,16+,17-/m0/s1. The van der Waals surface area contributed by atoms with E-state index in [1.165, 1.54) is 6.92 Å². The molecule has 0 radical (unpaired) electrons. The third kappa shape index (κ3) is 6.61. The first-order valence-electron chi connectivity index (χ1n) is 8.43. The molecule has 0 spiro atoms. The topological polar surface area (TPSA) is 47.6 Å². The van der Waals surface area contributed by atoms with E-state index in [1.54, 1.807) is 0 Å². The van der Waals surface area contributed by atoms with Crippen LogP contribution in [-0.2, 0) is 14.0 Å². The van der Waals surface area contributed by atoms with Gasteiger partial charge in [0.2, 0.25) is 0 Å². The average molecular weight is 340 g/mol. The summed E-state index contributed by atoms with van der Waals surface area (Å²) in [5.41, 5.74) is 0. The zero-order valence-corrected chi connectivity index (χ0v) is 16.5. The number of rotatable bonds is 6. The highest BCUT2D eigenvalue weighted by Gasteiger charge is 2.40. The maximum atomic E-state index is 11.3. The van der Waals surface area contributed by atoms with Crippen LogP contribution in [0.15, 0.2) is 24.8 Å². The Balaban J connectivity index is 2.86. The summed E-state index contributed by atoms with van der Waals surface area (Å²) in [5.74, 6) is -0.247. The third-order valence-electron chi connectivity index (χ3n) is 4.68. The number of carbonyl (C=O) groups excluding carboxylic acids is 1. The van der Waals surface area contributed by atoms with Crippen molar-refractivity contribution >= 4 is 14.3 Å². The van der Waals surface area contributed by atoms with Gasteiger partial charge in [0.25, 0.3) is 0 Å². The normalized spacial score (nSPS) is 25.7. The van der Waals surface area contributed by atoms with Crippen molar-refractivity contribution < 1.29 is 14.0 Å². The molecule has 0 unspecified atom stereocenters. The second kappa shape index (κ2) is 8.26. The molecule has 0 bridgehead atoms. The minimum absolute atomic E-state index is 0.0811. The Hall–Kier alpha value is -0.913. The Morgan fingerprint density at radius 3 is 2.52 bits per heavy atom. The molecular formula is C18H33NO3Si. The molecule has 0 saturated carbocycles. The molecule has 5 heteroatoms. The number of carbonyl (C=O) groups is 1. The molecule has 0 aromatic heterocycles. The van der Waals surface area contributed by atoms with E-state index in [2.05, 4.69) is 51.8 Å². The minimum Gasteiger partial charge on any atom is -0.458 e. The first-order chi connectivity index (χ1) is 10.5. The lowest BCUT2D eigenvalue weighted by Crippen LogP contribution is -2.45. The summed E-state index contributed by atoms with van der Waals surface area (Å²) in [6, 6.07) is 0.211. The van der Waals surface area contributed by atoms with E-state index in [0.717, 1.165) is 19.4 Å². The van der Waals surface area contributed by atoms with Crippen molar-refractivity contribution in [1.29, 1.82) is 0 Å². The average Bonchev–Trinajstić information content (AvgIpc) is 2.56. The fourth-order valence-corrected chi connectivity index (χ4v) is 3.81. The molecule has 0 aromatic rings. The van der Waals surface area contributed by atoms with Gasteiger partial charge < -0.3 is 14.5 Å². The van der Waals surface area contributed by atoms with E-state index in [4.69, 9.17) is 9.16 Å². The number of nitrogens with one attached hydrogen (secondary N) is 1. The Bertz CT molecular complexity index is 440. The summed E-state index contributed by atoms with van der Waals surface area (Å²) in [4.78, 5) is 11.3. The van der Waals surface area contributed by atoms with Gasteiger partial charge in [-0.05, 0) is 30.6 Å². The molecule has 1 aliphatic rings. The van der Waals surface area contributed by atoms with Crippen molar-refractivity contribution in [3.8, 4) is 0 Å². The van der Waals surface area contributed by atoms with Crippen molar-refractivity contribution in [2.75, 3.05) is 6.54 Å². The van der Waals surface area contributed by atoms with Gasteiger partial charge >= 0.3 is 5.97 Å². The highest BCUT2D eigenvalue weighted by atomic mass is 28.4.